The van der Waals surface area contributed by atoms with Gasteiger partial charge in [-0.1, -0.05) is 12.1 Å². The van der Waals surface area contributed by atoms with Gasteiger partial charge in [-0.2, -0.15) is 0 Å². The van der Waals surface area contributed by atoms with Crippen molar-refractivity contribution in [1.29, 1.82) is 0 Å². The van der Waals surface area contributed by atoms with Crippen molar-refractivity contribution in [3.8, 4) is 0 Å². The van der Waals surface area contributed by atoms with Crippen LogP contribution in [0.2, 0.25) is 0 Å². The minimum atomic E-state index is -0.351. The van der Waals surface area contributed by atoms with E-state index in [1.54, 1.807) is 43.8 Å². The highest BCUT2D eigenvalue weighted by atomic mass is 19.1. The predicted octanol–water partition coefficient (Wildman–Crippen LogP) is 2.73. The monoisotopic (exact) mass is 288 g/mol. The summed E-state index contributed by atoms with van der Waals surface area (Å²) in [6.45, 7) is 1.84. The summed E-state index contributed by atoms with van der Waals surface area (Å²) in [7, 11) is 1.56. The molecule has 2 aromatic rings. The molecule has 0 unspecified atom stereocenters. The zero-order chi connectivity index (χ0) is 15.2. The van der Waals surface area contributed by atoms with Gasteiger partial charge in [0.05, 0.1) is 6.04 Å². The second-order valence-corrected chi connectivity index (χ2v) is 4.71. The zero-order valence-electron chi connectivity index (χ0n) is 11.9. The minimum Gasteiger partial charge on any atom is -0.375 e. The normalized spacial score (nSPS) is 13.5. The topological polar surface area (TPSA) is 51.2 Å². The van der Waals surface area contributed by atoms with Crippen molar-refractivity contribution in [2.45, 2.75) is 19.1 Å². The highest BCUT2D eigenvalue weighted by Gasteiger charge is 2.21. The highest BCUT2D eigenvalue weighted by molar-refractivity contribution is 5.94. The molecule has 0 saturated heterocycles. The largest absolute Gasteiger partial charge is 0.375 e. The Labute approximate surface area is 123 Å². The fraction of sp³-hybridized carbons (Fsp3) is 0.250. The van der Waals surface area contributed by atoms with Crippen molar-refractivity contribution in [2.24, 2.45) is 0 Å². The number of halogens is 1. The van der Waals surface area contributed by atoms with Crippen molar-refractivity contribution < 1.29 is 13.9 Å². The molecule has 5 heteroatoms. The molecule has 0 fully saturated rings. The summed E-state index contributed by atoms with van der Waals surface area (Å²) in [4.78, 5) is 16.0. The summed E-state index contributed by atoms with van der Waals surface area (Å²) in [5.74, 6) is -0.504. The molecule has 110 valence electrons. The van der Waals surface area contributed by atoms with Crippen LogP contribution in [0.5, 0.6) is 0 Å². The van der Waals surface area contributed by atoms with Gasteiger partial charge in [0.15, 0.2) is 0 Å². The molecule has 1 heterocycles. The van der Waals surface area contributed by atoms with E-state index in [1.165, 1.54) is 12.1 Å². The average molecular weight is 288 g/mol. The van der Waals surface area contributed by atoms with E-state index in [0.29, 0.717) is 5.56 Å². The lowest BCUT2D eigenvalue weighted by atomic mass is 10.0. The number of nitrogens with zero attached hydrogens (tertiary/aromatic N) is 1. The summed E-state index contributed by atoms with van der Waals surface area (Å²) in [6.07, 6.45) is 2.78. The number of rotatable bonds is 5. The number of carbonyl (C=O) groups excluding carboxylic acids is 1. The number of benzene rings is 1. The van der Waals surface area contributed by atoms with E-state index in [1.807, 2.05) is 6.92 Å². The number of carbonyl (C=O) groups is 1. The lowest BCUT2D eigenvalue weighted by Gasteiger charge is -2.24. The quantitative estimate of drug-likeness (QED) is 0.920. The van der Waals surface area contributed by atoms with Gasteiger partial charge in [0, 0.05) is 25.1 Å². The molecule has 0 spiro atoms. The van der Waals surface area contributed by atoms with Crippen LogP contribution < -0.4 is 5.32 Å². The summed E-state index contributed by atoms with van der Waals surface area (Å²) < 4.78 is 18.4. The SMILES string of the molecule is CO[C@@H](c1ccc(F)cc1)[C@@H](C)NC(=O)c1ccncc1. The summed E-state index contributed by atoms with van der Waals surface area (Å²) >= 11 is 0. The summed E-state index contributed by atoms with van der Waals surface area (Å²) in [6, 6.07) is 9.07. The van der Waals surface area contributed by atoms with Crippen molar-refractivity contribution in [3.05, 3.63) is 65.7 Å². The molecule has 2 atom stereocenters. The molecule has 0 saturated carbocycles. The molecule has 0 aliphatic heterocycles. The fourth-order valence-corrected chi connectivity index (χ4v) is 2.15. The number of nitrogens with one attached hydrogen (secondary N) is 1. The Hall–Kier alpha value is -2.27. The molecule has 1 aromatic carbocycles. The van der Waals surface area contributed by atoms with E-state index in [9.17, 15) is 9.18 Å². The molecule has 1 amide bonds. The first kappa shape index (κ1) is 15.1. The van der Waals surface area contributed by atoms with Crippen LogP contribution in [0.1, 0.15) is 28.9 Å². The molecule has 1 aromatic heterocycles. The van der Waals surface area contributed by atoms with Crippen molar-refractivity contribution in [3.63, 3.8) is 0 Å². The number of hydrogen-bond donors (Lipinski definition) is 1. The maximum absolute atomic E-state index is 13.0. The van der Waals surface area contributed by atoms with E-state index in [4.69, 9.17) is 4.74 Å². The second-order valence-electron chi connectivity index (χ2n) is 4.71. The Morgan fingerprint density at radius 2 is 1.81 bits per heavy atom. The number of methoxy groups -OCH3 is 1. The van der Waals surface area contributed by atoms with E-state index < -0.39 is 0 Å². The van der Waals surface area contributed by atoms with Crippen LogP contribution in [0.15, 0.2) is 48.8 Å². The third-order valence-electron chi connectivity index (χ3n) is 3.21. The van der Waals surface area contributed by atoms with Crippen LogP contribution >= 0.6 is 0 Å². The van der Waals surface area contributed by atoms with Gasteiger partial charge < -0.3 is 10.1 Å². The second kappa shape index (κ2) is 6.95. The first-order valence-electron chi connectivity index (χ1n) is 6.61. The van der Waals surface area contributed by atoms with Gasteiger partial charge in [0.25, 0.3) is 5.91 Å². The van der Waals surface area contributed by atoms with Crippen LogP contribution in [0.25, 0.3) is 0 Å². The number of ether oxygens (including phenoxy) is 1. The number of pyridine rings is 1. The average Bonchev–Trinajstić information content (AvgIpc) is 2.50. The first-order valence-corrected chi connectivity index (χ1v) is 6.61. The van der Waals surface area contributed by atoms with Gasteiger partial charge in [0.1, 0.15) is 11.9 Å². The lowest BCUT2D eigenvalue weighted by Crippen LogP contribution is -2.37. The predicted molar refractivity (Wildman–Crippen MR) is 77.3 cm³/mol. The van der Waals surface area contributed by atoms with Crippen LogP contribution in [-0.2, 0) is 4.74 Å². The van der Waals surface area contributed by atoms with Gasteiger partial charge >= 0.3 is 0 Å². The van der Waals surface area contributed by atoms with Crippen molar-refractivity contribution in [2.75, 3.05) is 7.11 Å². The smallest absolute Gasteiger partial charge is 0.251 e. The Kier molecular flexibility index (Phi) is 5.00. The summed E-state index contributed by atoms with van der Waals surface area (Å²) in [5, 5.41) is 2.87. The molecule has 2 rings (SSSR count). The molecule has 0 aliphatic carbocycles. The fourth-order valence-electron chi connectivity index (χ4n) is 2.15. The van der Waals surface area contributed by atoms with Gasteiger partial charge in [-0.25, -0.2) is 4.39 Å². The standard InChI is InChI=1S/C16H17FN2O2/c1-11(19-16(20)13-7-9-18-10-8-13)15(21-2)12-3-5-14(17)6-4-12/h3-11,15H,1-2H3,(H,19,20)/t11-,15-/m1/s1. The van der Waals surface area contributed by atoms with Gasteiger partial charge in [-0.3, -0.25) is 9.78 Å². The Morgan fingerprint density at radius 1 is 1.19 bits per heavy atom. The van der Waals surface area contributed by atoms with Crippen molar-refractivity contribution >= 4 is 5.91 Å². The molecule has 1 N–H and O–H groups in total. The zero-order valence-corrected chi connectivity index (χ0v) is 11.9. The van der Waals surface area contributed by atoms with E-state index >= 15 is 0 Å². The van der Waals surface area contributed by atoms with Crippen LogP contribution in [-0.4, -0.2) is 24.0 Å². The van der Waals surface area contributed by atoms with Gasteiger partial charge in [0.2, 0.25) is 0 Å². The molecule has 0 aliphatic rings. The minimum absolute atomic E-state index is 0.200. The lowest BCUT2D eigenvalue weighted by molar-refractivity contribution is 0.0644. The molecule has 0 radical (unpaired) electrons. The van der Waals surface area contributed by atoms with Crippen LogP contribution in [0, 0.1) is 5.82 Å². The highest BCUT2D eigenvalue weighted by Crippen LogP contribution is 2.21. The van der Waals surface area contributed by atoms with E-state index in [2.05, 4.69) is 10.3 Å². The van der Waals surface area contributed by atoms with E-state index in [-0.39, 0.29) is 23.9 Å². The summed E-state index contributed by atoms with van der Waals surface area (Å²) in [5.41, 5.74) is 1.34. The maximum Gasteiger partial charge on any atom is 0.251 e. The Morgan fingerprint density at radius 3 is 2.38 bits per heavy atom. The molecule has 0 bridgehead atoms. The molecular formula is C16H17FN2O2. The Balaban J connectivity index is 2.08. The number of aromatic nitrogens is 1. The molecular weight excluding hydrogens is 271 g/mol. The van der Waals surface area contributed by atoms with Crippen LogP contribution in [0.4, 0.5) is 4.39 Å². The maximum atomic E-state index is 13.0. The number of amides is 1. The number of hydrogen-bond acceptors (Lipinski definition) is 3. The van der Waals surface area contributed by atoms with Crippen LogP contribution in [0.3, 0.4) is 0 Å². The van der Waals surface area contributed by atoms with Crippen molar-refractivity contribution in [1.82, 2.24) is 10.3 Å². The molecule has 4 nitrogen and oxygen atoms in total. The van der Waals surface area contributed by atoms with Gasteiger partial charge in [-0.05, 0) is 36.8 Å². The Bertz CT molecular complexity index is 587. The van der Waals surface area contributed by atoms with E-state index in [0.717, 1.165) is 5.56 Å². The van der Waals surface area contributed by atoms with Gasteiger partial charge in [-0.15, -0.1) is 0 Å². The third-order valence-corrected chi connectivity index (χ3v) is 3.21. The first-order chi connectivity index (χ1) is 10.1. The third kappa shape index (κ3) is 3.86. The molecule has 21 heavy (non-hydrogen) atoms.